The van der Waals surface area contributed by atoms with Gasteiger partial charge in [-0.25, -0.2) is 0 Å². The van der Waals surface area contributed by atoms with Crippen molar-refractivity contribution in [1.29, 1.82) is 0 Å². The van der Waals surface area contributed by atoms with Gasteiger partial charge in [-0.2, -0.15) is 0 Å². The van der Waals surface area contributed by atoms with Gasteiger partial charge in [0.2, 0.25) is 5.91 Å². The van der Waals surface area contributed by atoms with E-state index in [9.17, 15) is 14.4 Å². The number of carbonyl (C=O) groups excluding carboxylic acids is 3. The van der Waals surface area contributed by atoms with Gasteiger partial charge >= 0.3 is 5.97 Å². The predicted molar refractivity (Wildman–Crippen MR) is 81.4 cm³/mol. The Morgan fingerprint density at radius 3 is 2.77 bits per heavy atom. The van der Waals surface area contributed by atoms with E-state index < -0.39 is 5.97 Å². The second kappa shape index (κ2) is 6.46. The second-order valence-electron chi connectivity index (χ2n) is 5.01. The first kappa shape index (κ1) is 15.8. The van der Waals surface area contributed by atoms with Crippen LogP contribution in [0.15, 0.2) is 18.2 Å². The predicted octanol–water partition coefficient (Wildman–Crippen LogP) is 0.641. The van der Waals surface area contributed by atoms with Crippen LogP contribution in [-0.4, -0.2) is 49.4 Å². The molecular weight excluding hydrogens is 286 g/mol. The van der Waals surface area contributed by atoms with Crippen LogP contribution in [0, 0.1) is 0 Å². The van der Waals surface area contributed by atoms with E-state index in [1.165, 1.54) is 9.80 Å². The van der Waals surface area contributed by atoms with Crippen LogP contribution in [0.5, 0.6) is 0 Å². The number of benzene rings is 1. The molecule has 0 atom stereocenters. The highest BCUT2D eigenvalue weighted by Gasteiger charge is 2.30. The highest BCUT2D eigenvalue weighted by molar-refractivity contribution is 6.09. The number of hydrogen-bond acceptors (Lipinski definition) is 5. The Morgan fingerprint density at radius 1 is 1.36 bits per heavy atom. The van der Waals surface area contributed by atoms with Crippen LogP contribution in [0.2, 0.25) is 0 Å². The molecule has 0 aromatic heterocycles. The van der Waals surface area contributed by atoms with Crippen LogP contribution in [0.25, 0.3) is 0 Å². The Kier molecular flexibility index (Phi) is 4.65. The van der Waals surface area contributed by atoms with Crippen LogP contribution in [0.4, 0.5) is 11.4 Å². The van der Waals surface area contributed by atoms with E-state index in [-0.39, 0.29) is 37.9 Å². The zero-order valence-corrected chi connectivity index (χ0v) is 12.7. The number of hydrogen-bond donors (Lipinski definition) is 1. The van der Waals surface area contributed by atoms with Gasteiger partial charge in [0.05, 0.1) is 24.3 Å². The van der Waals surface area contributed by atoms with Gasteiger partial charge in [-0.15, -0.1) is 0 Å². The topological polar surface area (TPSA) is 92.9 Å². The van der Waals surface area contributed by atoms with Crippen molar-refractivity contribution >= 4 is 29.2 Å². The summed E-state index contributed by atoms with van der Waals surface area (Å²) in [7, 11) is 1.61. The molecule has 0 bridgehead atoms. The van der Waals surface area contributed by atoms with Crippen molar-refractivity contribution in [3.63, 3.8) is 0 Å². The standard InChI is InChI=1S/C15H19N3O4/c1-3-22-14(20)6-7-18-9-13(19)17(2)12-5-4-10(16)8-11(12)15(18)21/h4-5,8H,3,6-7,9,16H2,1-2H3. The summed E-state index contributed by atoms with van der Waals surface area (Å²) in [4.78, 5) is 39.0. The van der Waals surface area contributed by atoms with Crippen molar-refractivity contribution in [1.82, 2.24) is 4.90 Å². The molecule has 1 aromatic carbocycles. The third-order valence-corrected chi connectivity index (χ3v) is 3.49. The van der Waals surface area contributed by atoms with Gasteiger partial charge in [0.1, 0.15) is 6.54 Å². The maximum atomic E-state index is 12.6. The number of fused-ring (bicyclic) bond motifs is 1. The van der Waals surface area contributed by atoms with E-state index in [2.05, 4.69) is 0 Å². The van der Waals surface area contributed by atoms with E-state index in [0.29, 0.717) is 16.9 Å². The molecule has 1 aromatic rings. The van der Waals surface area contributed by atoms with Gasteiger partial charge in [-0.1, -0.05) is 0 Å². The Bertz CT molecular complexity index is 615. The lowest BCUT2D eigenvalue weighted by molar-refractivity contribution is -0.143. The highest BCUT2D eigenvalue weighted by Crippen LogP contribution is 2.26. The molecule has 0 saturated carbocycles. The molecule has 118 valence electrons. The van der Waals surface area contributed by atoms with E-state index in [4.69, 9.17) is 10.5 Å². The largest absolute Gasteiger partial charge is 0.466 e. The van der Waals surface area contributed by atoms with Crippen LogP contribution >= 0.6 is 0 Å². The minimum Gasteiger partial charge on any atom is -0.466 e. The summed E-state index contributed by atoms with van der Waals surface area (Å²) in [5, 5.41) is 0. The Labute approximate surface area is 128 Å². The summed E-state index contributed by atoms with van der Waals surface area (Å²) >= 11 is 0. The molecule has 22 heavy (non-hydrogen) atoms. The molecular formula is C15H19N3O4. The second-order valence-corrected chi connectivity index (χ2v) is 5.01. The maximum Gasteiger partial charge on any atom is 0.307 e. The first-order valence-corrected chi connectivity index (χ1v) is 7.05. The number of esters is 1. The first-order valence-electron chi connectivity index (χ1n) is 7.05. The molecule has 2 amide bonds. The van der Waals surface area contributed by atoms with Crippen LogP contribution in [-0.2, 0) is 14.3 Å². The molecule has 0 unspecified atom stereocenters. The lowest BCUT2D eigenvalue weighted by Gasteiger charge is -2.19. The zero-order chi connectivity index (χ0) is 16.3. The molecule has 0 spiro atoms. The summed E-state index contributed by atoms with van der Waals surface area (Å²) in [6, 6.07) is 4.84. The van der Waals surface area contributed by atoms with Gasteiger partial charge in [-0.3, -0.25) is 14.4 Å². The molecule has 1 heterocycles. The zero-order valence-electron chi connectivity index (χ0n) is 12.7. The molecule has 0 aliphatic carbocycles. The monoisotopic (exact) mass is 305 g/mol. The molecule has 1 aliphatic heterocycles. The van der Waals surface area contributed by atoms with Crippen LogP contribution in [0.3, 0.4) is 0 Å². The molecule has 2 rings (SSSR count). The number of ether oxygens (including phenoxy) is 1. The van der Waals surface area contributed by atoms with Gasteiger partial charge in [0.25, 0.3) is 5.91 Å². The third-order valence-electron chi connectivity index (χ3n) is 3.49. The van der Waals surface area contributed by atoms with E-state index in [0.717, 1.165) is 0 Å². The summed E-state index contributed by atoms with van der Waals surface area (Å²) in [6.07, 6.45) is 0.0498. The smallest absolute Gasteiger partial charge is 0.307 e. The van der Waals surface area contributed by atoms with Crippen LogP contribution in [0.1, 0.15) is 23.7 Å². The fraction of sp³-hybridized carbons (Fsp3) is 0.400. The average Bonchev–Trinajstić information content (AvgIpc) is 2.57. The van der Waals surface area contributed by atoms with Gasteiger partial charge in [0.15, 0.2) is 0 Å². The molecule has 7 heteroatoms. The summed E-state index contributed by atoms with van der Waals surface area (Å²) in [5.74, 6) is -0.932. The van der Waals surface area contributed by atoms with Crippen molar-refractivity contribution < 1.29 is 19.1 Å². The molecule has 0 saturated heterocycles. The Hall–Kier alpha value is -2.57. The summed E-state index contributed by atoms with van der Waals surface area (Å²) < 4.78 is 4.84. The summed E-state index contributed by atoms with van der Waals surface area (Å²) in [5.41, 5.74) is 7.05. The number of likely N-dealkylation sites (N-methyl/N-ethyl adjacent to an activating group) is 1. The van der Waals surface area contributed by atoms with Crippen molar-refractivity contribution in [3.8, 4) is 0 Å². The van der Waals surface area contributed by atoms with Crippen molar-refractivity contribution in [3.05, 3.63) is 23.8 Å². The van der Waals surface area contributed by atoms with Gasteiger partial charge in [0, 0.05) is 19.3 Å². The molecule has 1 aliphatic rings. The number of anilines is 2. The summed E-state index contributed by atoms with van der Waals surface area (Å²) in [6.45, 7) is 2.05. The fourth-order valence-corrected chi connectivity index (χ4v) is 2.30. The van der Waals surface area contributed by atoms with Gasteiger partial charge < -0.3 is 20.3 Å². The third kappa shape index (κ3) is 3.19. The number of nitrogens with two attached hydrogens (primary N) is 1. The van der Waals surface area contributed by atoms with Crippen molar-refractivity contribution in [2.75, 3.05) is 37.4 Å². The molecule has 7 nitrogen and oxygen atoms in total. The lowest BCUT2D eigenvalue weighted by atomic mass is 10.1. The number of nitrogen functional groups attached to an aromatic ring is 1. The number of nitrogens with zero attached hydrogens (tertiary/aromatic N) is 2. The molecule has 0 fully saturated rings. The Morgan fingerprint density at radius 2 is 2.09 bits per heavy atom. The van der Waals surface area contributed by atoms with Crippen molar-refractivity contribution in [2.45, 2.75) is 13.3 Å². The van der Waals surface area contributed by atoms with Crippen LogP contribution < -0.4 is 10.6 Å². The minimum atomic E-state index is -0.395. The molecule has 0 radical (unpaired) electrons. The number of carbonyl (C=O) groups is 3. The first-order chi connectivity index (χ1) is 10.4. The van der Waals surface area contributed by atoms with E-state index >= 15 is 0 Å². The van der Waals surface area contributed by atoms with E-state index in [1.807, 2.05) is 0 Å². The quantitative estimate of drug-likeness (QED) is 0.651. The van der Waals surface area contributed by atoms with Gasteiger partial charge in [-0.05, 0) is 25.1 Å². The van der Waals surface area contributed by atoms with Crippen molar-refractivity contribution in [2.24, 2.45) is 0 Å². The van der Waals surface area contributed by atoms with E-state index in [1.54, 1.807) is 32.2 Å². The highest BCUT2D eigenvalue weighted by atomic mass is 16.5. The minimum absolute atomic E-state index is 0.0498. The normalized spacial score (nSPS) is 14.6. The average molecular weight is 305 g/mol. The Balaban J connectivity index is 2.25. The lowest BCUT2D eigenvalue weighted by Crippen LogP contribution is -2.39. The maximum absolute atomic E-state index is 12.6. The SMILES string of the molecule is CCOC(=O)CCN1CC(=O)N(C)c2ccc(N)cc2C1=O. The number of rotatable bonds is 4. The molecule has 2 N–H and O–H groups in total. The fourth-order valence-electron chi connectivity index (χ4n) is 2.30. The number of amides is 2.